The molecule has 0 aliphatic heterocycles. The minimum absolute atomic E-state index is 1.14. The summed E-state index contributed by atoms with van der Waals surface area (Å²) in [5, 5.41) is 0. The van der Waals surface area contributed by atoms with Gasteiger partial charge in [0.25, 0.3) is 0 Å². The molecule has 0 aromatic heterocycles. The van der Waals surface area contributed by atoms with Gasteiger partial charge in [-0.3, -0.25) is 0 Å². The Labute approximate surface area is 121 Å². The highest BCUT2D eigenvalue weighted by Gasteiger charge is 2.24. The summed E-state index contributed by atoms with van der Waals surface area (Å²) in [6.07, 6.45) is 6.45. The topological polar surface area (TPSA) is 0 Å². The van der Waals surface area contributed by atoms with E-state index in [1.165, 1.54) is 53.5 Å². The summed E-state index contributed by atoms with van der Waals surface area (Å²) in [7, 11) is 0. The molecule has 0 N–H and O–H groups in total. The molecule has 102 valence electrons. The van der Waals surface area contributed by atoms with Crippen molar-refractivity contribution < 1.29 is 0 Å². The number of benzene rings is 2. The minimum Gasteiger partial charge on any atom is -0.0546 e. The molecule has 0 heterocycles. The maximum atomic E-state index is 2.51. The van der Waals surface area contributed by atoms with Crippen LogP contribution in [0.1, 0.15) is 51.8 Å². The zero-order chi connectivity index (χ0) is 13.9. The monoisotopic (exact) mass is 262 g/mol. The Morgan fingerprint density at radius 3 is 2.15 bits per heavy atom. The molecule has 2 aliphatic rings. The summed E-state index contributed by atoms with van der Waals surface area (Å²) >= 11 is 0. The lowest BCUT2D eigenvalue weighted by atomic mass is 9.88. The highest BCUT2D eigenvalue weighted by molar-refractivity contribution is 5.80. The Hall–Kier alpha value is -1.56. The number of fused-ring (bicyclic) bond motifs is 4. The molecule has 2 aromatic rings. The van der Waals surface area contributed by atoms with Crippen molar-refractivity contribution >= 4 is 0 Å². The lowest BCUT2D eigenvalue weighted by Gasteiger charge is -2.17. The first-order valence-corrected chi connectivity index (χ1v) is 7.90. The van der Waals surface area contributed by atoms with Gasteiger partial charge < -0.3 is 0 Å². The van der Waals surface area contributed by atoms with Crippen LogP contribution in [0.15, 0.2) is 18.2 Å². The molecule has 0 spiro atoms. The van der Waals surface area contributed by atoms with Crippen molar-refractivity contribution in [2.45, 2.75) is 52.9 Å². The first kappa shape index (κ1) is 12.2. The standard InChI is InChI=1S/C20H22/c1-12-8-20-18(14(3)13(12)2)11-17-9-15-6-4-5-7-16(15)10-19(17)20/h8-10H,4-7,11H2,1-3H3. The average Bonchev–Trinajstić information content (AvgIpc) is 2.80. The first-order chi connectivity index (χ1) is 9.65. The molecule has 4 rings (SSSR count). The van der Waals surface area contributed by atoms with Gasteiger partial charge in [-0.15, -0.1) is 0 Å². The Balaban J connectivity index is 1.95. The third-order valence-corrected chi connectivity index (χ3v) is 5.52. The molecule has 0 saturated carbocycles. The summed E-state index contributed by atoms with van der Waals surface area (Å²) in [5.41, 5.74) is 13.8. The smallest absolute Gasteiger partial charge is 0.00106 e. The fourth-order valence-corrected chi connectivity index (χ4v) is 4.03. The fraction of sp³-hybridized carbons (Fsp3) is 0.400. The molecule has 2 aromatic carbocycles. The highest BCUT2D eigenvalue weighted by atomic mass is 14.3. The summed E-state index contributed by atoms with van der Waals surface area (Å²) in [5.74, 6) is 0. The van der Waals surface area contributed by atoms with Crippen molar-refractivity contribution in [2.75, 3.05) is 0 Å². The van der Waals surface area contributed by atoms with Gasteiger partial charge in [0.15, 0.2) is 0 Å². The summed E-state index contributed by atoms with van der Waals surface area (Å²) in [6.45, 7) is 6.81. The molecule has 0 heteroatoms. The van der Waals surface area contributed by atoms with Gasteiger partial charge in [0.05, 0.1) is 0 Å². The van der Waals surface area contributed by atoms with Crippen molar-refractivity contribution in [2.24, 2.45) is 0 Å². The predicted octanol–water partition coefficient (Wildman–Crippen LogP) is 5.06. The van der Waals surface area contributed by atoms with Crippen LogP contribution in [0.25, 0.3) is 11.1 Å². The van der Waals surface area contributed by atoms with E-state index in [4.69, 9.17) is 0 Å². The number of hydrogen-bond acceptors (Lipinski definition) is 0. The second kappa shape index (κ2) is 4.22. The summed E-state index contributed by atoms with van der Waals surface area (Å²) < 4.78 is 0. The van der Waals surface area contributed by atoms with Gasteiger partial charge in [-0.1, -0.05) is 18.2 Å². The maximum Gasteiger partial charge on any atom is -0.00106 e. The lowest BCUT2D eigenvalue weighted by Crippen LogP contribution is -2.03. The molecule has 2 aliphatic carbocycles. The van der Waals surface area contributed by atoms with Gasteiger partial charge in [0.2, 0.25) is 0 Å². The summed E-state index contributed by atoms with van der Waals surface area (Å²) in [4.78, 5) is 0. The van der Waals surface area contributed by atoms with E-state index in [1.54, 1.807) is 22.3 Å². The molecule has 0 saturated heterocycles. The molecule has 0 unspecified atom stereocenters. The van der Waals surface area contributed by atoms with Crippen LogP contribution >= 0.6 is 0 Å². The molecule has 20 heavy (non-hydrogen) atoms. The van der Waals surface area contributed by atoms with Crippen LogP contribution in [0.5, 0.6) is 0 Å². The van der Waals surface area contributed by atoms with Crippen molar-refractivity contribution in [3.05, 3.63) is 57.1 Å². The van der Waals surface area contributed by atoms with E-state index in [0.717, 1.165) is 6.42 Å². The largest absolute Gasteiger partial charge is 0.0546 e. The van der Waals surface area contributed by atoms with E-state index in [0.29, 0.717) is 0 Å². The number of rotatable bonds is 0. The van der Waals surface area contributed by atoms with Crippen molar-refractivity contribution in [1.29, 1.82) is 0 Å². The lowest BCUT2D eigenvalue weighted by molar-refractivity contribution is 0.685. The highest BCUT2D eigenvalue weighted by Crippen LogP contribution is 2.42. The van der Waals surface area contributed by atoms with Crippen LogP contribution < -0.4 is 0 Å². The molecule has 0 amide bonds. The van der Waals surface area contributed by atoms with Gasteiger partial charge in [-0.05, 0) is 103 Å². The van der Waals surface area contributed by atoms with Crippen molar-refractivity contribution in [1.82, 2.24) is 0 Å². The van der Waals surface area contributed by atoms with Crippen LogP contribution in [0, 0.1) is 20.8 Å². The second-order valence-electron chi connectivity index (χ2n) is 6.63. The SMILES string of the molecule is Cc1cc2c(c(C)c1C)Cc1cc3c(cc1-2)CCCC3. The zero-order valence-corrected chi connectivity index (χ0v) is 12.8. The van der Waals surface area contributed by atoms with E-state index < -0.39 is 0 Å². The van der Waals surface area contributed by atoms with Crippen LogP contribution in [0.3, 0.4) is 0 Å². The predicted molar refractivity (Wildman–Crippen MR) is 85.5 cm³/mol. The second-order valence-corrected chi connectivity index (χ2v) is 6.63. The third kappa shape index (κ3) is 1.60. The van der Waals surface area contributed by atoms with Gasteiger partial charge >= 0.3 is 0 Å². The van der Waals surface area contributed by atoms with Gasteiger partial charge in [-0.2, -0.15) is 0 Å². The van der Waals surface area contributed by atoms with E-state index >= 15 is 0 Å². The molecule has 0 nitrogen and oxygen atoms in total. The van der Waals surface area contributed by atoms with Crippen LogP contribution in [-0.4, -0.2) is 0 Å². The maximum absolute atomic E-state index is 2.51. The fourth-order valence-electron chi connectivity index (χ4n) is 4.03. The number of aryl methyl sites for hydroxylation is 3. The Morgan fingerprint density at radius 2 is 1.40 bits per heavy atom. The molecular weight excluding hydrogens is 240 g/mol. The normalized spacial score (nSPS) is 15.8. The Morgan fingerprint density at radius 1 is 0.700 bits per heavy atom. The van der Waals surface area contributed by atoms with Crippen LogP contribution in [-0.2, 0) is 19.3 Å². The molecular formula is C20H22. The Kier molecular flexibility index (Phi) is 2.57. The average molecular weight is 262 g/mol. The van der Waals surface area contributed by atoms with Crippen LogP contribution in [0.4, 0.5) is 0 Å². The summed E-state index contributed by atoms with van der Waals surface area (Å²) in [6, 6.07) is 7.43. The van der Waals surface area contributed by atoms with Crippen LogP contribution in [0.2, 0.25) is 0 Å². The molecule has 0 radical (unpaired) electrons. The van der Waals surface area contributed by atoms with Gasteiger partial charge in [0, 0.05) is 0 Å². The number of hydrogen-bond donors (Lipinski definition) is 0. The molecule has 0 fully saturated rings. The van der Waals surface area contributed by atoms with Gasteiger partial charge in [-0.25, -0.2) is 0 Å². The molecule has 0 bridgehead atoms. The van der Waals surface area contributed by atoms with E-state index in [1.807, 2.05) is 0 Å². The third-order valence-electron chi connectivity index (χ3n) is 5.52. The molecule has 0 atom stereocenters. The van der Waals surface area contributed by atoms with E-state index in [-0.39, 0.29) is 0 Å². The minimum atomic E-state index is 1.14. The van der Waals surface area contributed by atoms with Crippen molar-refractivity contribution in [3.63, 3.8) is 0 Å². The Bertz CT molecular complexity index is 720. The van der Waals surface area contributed by atoms with Gasteiger partial charge in [0.1, 0.15) is 0 Å². The quantitative estimate of drug-likeness (QED) is 0.531. The van der Waals surface area contributed by atoms with E-state index in [2.05, 4.69) is 39.0 Å². The first-order valence-electron chi connectivity index (χ1n) is 7.90. The zero-order valence-electron chi connectivity index (χ0n) is 12.8. The van der Waals surface area contributed by atoms with E-state index in [9.17, 15) is 0 Å². The van der Waals surface area contributed by atoms with Crippen molar-refractivity contribution in [3.8, 4) is 11.1 Å².